The van der Waals surface area contributed by atoms with Gasteiger partial charge in [0.1, 0.15) is 16.3 Å². The van der Waals surface area contributed by atoms with Gasteiger partial charge in [0.15, 0.2) is 0 Å². The third-order valence-corrected chi connectivity index (χ3v) is 6.44. The number of hydrogen-bond donors (Lipinski definition) is 0. The summed E-state index contributed by atoms with van der Waals surface area (Å²) in [5.74, 6) is -0.453. The van der Waals surface area contributed by atoms with E-state index in [0.29, 0.717) is 25.3 Å². The van der Waals surface area contributed by atoms with Crippen LogP contribution in [-0.2, 0) is 26.1 Å². The van der Waals surface area contributed by atoms with Gasteiger partial charge in [0.25, 0.3) is 0 Å². The number of carbonyl (C=O) groups excluding carboxylic acids is 1. The van der Waals surface area contributed by atoms with Gasteiger partial charge in [0, 0.05) is 20.2 Å². The first kappa shape index (κ1) is 20.2. The summed E-state index contributed by atoms with van der Waals surface area (Å²) >= 11 is 0. The molecule has 10 nitrogen and oxygen atoms in total. The topological polar surface area (TPSA) is 113 Å². The second-order valence-corrected chi connectivity index (χ2v) is 8.19. The Labute approximate surface area is 163 Å². The van der Waals surface area contributed by atoms with Crippen LogP contribution in [0.4, 0.5) is 0 Å². The van der Waals surface area contributed by atoms with Gasteiger partial charge in [-0.15, -0.1) is 5.10 Å². The van der Waals surface area contributed by atoms with Crippen molar-refractivity contribution in [2.75, 3.05) is 34.4 Å². The molecule has 11 heteroatoms. The van der Waals surface area contributed by atoms with Crippen molar-refractivity contribution < 1.29 is 27.4 Å². The Hall–Kier alpha value is -2.50. The van der Waals surface area contributed by atoms with E-state index in [1.54, 1.807) is 18.0 Å². The van der Waals surface area contributed by atoms with E-state index in [2.05, 4.69) is 15.0 Å². The summed E-state index contributed by atoms with van der Waals surface area (Å²) in [6.45, 7) is 0.897. The minimum atomic E-state index is -3.88. The number of rotatable bonds is 7. The highest BCUT2D eigenvalue weighted by molar-refractivity contribution is 7.89. The van der Waals surface area contributed by atoms with Crippen LogP contribution < -0.4 is 4.74 Å². The van der Waals surface area contributed by atoms with E-state index in [4.69, 9.17) is 9.47 Å². The van der Waals surface area contributed by atoms with E-state index >= 15 is 0 Å². The second kappa shape index (κ2) is 8.25. The molecule has 0 radical (unpaired) electrons. The van der Waals surface area contributed by atoms with E-state index in [0.717, 1.165) is 0 Å². The Morgan fingerprint density at radius 1 is 1.29 bits per heavy atom. The average molecular weight is 410 g/mol. The van der Waals surface area contributed by atoms with Crippen LogP contribution in [0.15, 0.2) is 29.3 Å². The maximum atomic E-state index is 13.2. The van der Waals surface area contributed by atoms with E-state index in [1.807, 2.05) is 0 Å². The molecule has 0 aliphatic carbocycles. The van der Waals surface area contributed by atoms with Crippen LogP contribution in [0.3, 0.4) is 0 Å². The molecule has 1 aromatic carbocycles. The third-order valence-electron chi connectivity index (χ3n) is 4.55. The fourth-order valence-corrected chi connectivity index (χ4v) is 4.79. The average Bonchev–Trinajstić information content (AvgIpc) is 3.37. The van der Waals surface area contributed by atoms with E-state index in [1.165, 1.54) is 36.7 Å². The molecule has 0 bridgehead atoms. The number of aromatic nitrogens is 3. The van der Waals surface area contributed by atoms with Crippen LogP contribution in [0, 0.1) is 0 Å². The quantitative estimate of drug-likeness (QED) is 0.618. The summed E-state index contributed by atoms with van der Waals surface area (Å²) in [6.07, 6.45) is 2.34. The van der Waals surface area contributed by atoms with Gasteiger partial charge in [0.2, 0.25) is 10.0 Å². The number of ether oxygens (including phenoxy) is 3. The molecule has 2 heterocycles. The molecule has 1 fully saturated rings. The molecule has 0 spiro atoms. The monoisotopic (exact) mass is 410 g/mol. The fourth-order valence-electron chi connectivity index (χ4n) is 3.11. The molecule has 1 atom stereocenters. The van der Waals surface area contributed by atoms with Crippen molar-refractivity contribution in [1.82, 2.24) is 19.3 Å². The Bertz CT molecular complexity index is 958. The number of esters is 1. The van der Waals surface area contributed by atoms with Crippen molar-refractivity contribution in [3.8, 4) is 5.75 Å². The largest absolute Gasteiger partial charge is 0.495 e. The first-order chi connectivity index (χ1) is 13.4. The zero-order valence-corrected chi connectivity index (χ0v) is 16.7. The number of carbonyl (C=O) groups is 1. The first-order valence-corrected chi connectivity index (χ1v) is 10.0. The van der Waals surface area contributed by atoms with Crippen molar-refractivity contribution in [2.45, 2.75) is 24.0 Å². The number of nitrogens with zero attached hydrogens (tertiary/aromatic N) is 4. The first-order valence-electron chi connectivity index (χ1n) is 8.57. The highest BCUT2D eigenvalue weighted by Crippen LogP contribution is 2.32. The predicted octanol–water partition coefficient (Wildman–Crippen LogP) is 0.855. The highest BCUT2D eigenvalue weighted by Gasteiger charge is 2.36. The number of hydrogen-bond acceptors (Lipinski definition) is 8. The van der Waals surface area contributed by atoms with Gasteiger partial charge >= 0.3 is 5.97 Å². The SMILES string of the molecule is COCc1cn([C@H]2CCN(S(=O)(=O)c3cc(C(=O)OC)ccc3OC)C2)nn1. The minimum absolute atomic E-state index is 0.0720. The summed E-state index contributed by atoms with van der Waals surface area (Å²) in [7, 11) is 0.311. The molecule has 2 aromatic rings. The van der Waals surface area contributed by atoms with Crippen LogP contribution in [0.1, 0.15) is 28.5 Å². The van der Waals surface area contributed by atoms with Gasteiger partial charge < -0.3 is 14.2 Å². The zero-order chi connectivity index (χ0) is 20.3. The molecule has 28 heavy (non-hydrogen) atoms. The lowest BCUT2D eigenvalue weighted by atomic mass is 10.2. The molecule has 0 amide bonds. The maximum absolute atomic E-state index is 13.2. The summed E-state index contributed by atoms with van der Waals surface area (Å²) in [6, 6.07) is 4.05. The van der Waals surface area contributed by atoms with Crippen LogP contribution in [0.5, 0.6) is 5.75 Å². The minimum Gasteiger partial charge on any atom is -0.495 e. The van der Waals surface area contributed by atoms with Gasteiger partial charge in [-0.05, 0) is 24.6 Å². The standard InChI is InChI=1S/C17H22N4O6S/c1-25-11-13-9-21(19-18-13)14-6-7-20(10-14)28(23,24)16-8-12(17(22)27-3)4-5-15(16)26-2/h4-5,8-9,14H,6-7,10-11H2,1-3H3/t14-/m0/s1. The third kappa shape index (κ3) is 3.86. The van der Waals surface area contributed by atoms with Gasteiger partial charge in [0.05, 0.1) is 38.6 Å². The van der Waals surface area contributed by atoms with Gasteiger partial charge in [-0.25, -0.2) is 17.9 Å². The zero-order valence-electron chi connectivity index (χ0n) is 15.9. The summed E-state index contributed by atoms with van der Waals surface area (Å²) in [5, 5.41) is 8.08. The van der Waals surface area contributed by atoms with E-state index < -0.39 is 16.0 Å². The Morgan fingerprint density at radius 2 is 2.07 bits per heavy atom. The summed E-state index contributed by atoms with van der Waals surface area (Å²) in [5.41, 5.74) is 0.814. The molecule has 1 aromatic heterocycles. The molecule has 1 aliphatic heterocycles. The molecule has 152 valence electrons. The lowest BCUT2D eigenvalue weighted by Gasteiger charge is -2.19. The van der Waals surface area contributed by atoms with Gasteiger partial charge in [-0.3, -0.25) is 0 Å². The van der Waals surface area contributed by atoms with Crippen LogP contribution in [-0.4, -0.2) is 68.1 Å². The molecule has 0 saturated carbocycles. The number of benzene rings is 1. The molecule has 0 unspecified atom stereocenters. The van der Waals surface area contributed by atoms with Crippen molar-refractivity contribution >= 4 is 16.0 Å². The Balaban J connectivity index is 1.86. The van der Waals surface area contributed by atoms with Crippen LogP contribution in [0.25, 0.3) is 0 Å². The second-order valence-electron chi connectivity index (χ2n) is 6.29. The van der Waals surface area contributed by atoms with Crippen molar-refractivity contribution in [3.63, 3.8) is 0 Å². The lowest BCUT2D eigenvalue weighted by Crippen LogP contribution is -2.30. The molecule has 1 aliphatic rings. The van der Waals surface area contributed by atoms with Crippen molar-refractivity contribution in [1.29, 1.82) is 0 Å². The van der Waals surface area contributed by atoms with Gasteiger partial charge in [-0.2, -0.15) is 4.31 Å². The number of methoxy groups -OCH3 is 3. The highest BCUT2D eigenvalue weighted by atomic mass is 32.2. The fraction of sp³-hybridized carbons (Fsp3) is 0.471. The van der Waals surface area contributed by atoms with Gasteiger partial charge in [-0.1, -0.05) is 5.21 Å². The summed E-state index contributed by atoms with van der Waals surface area (Å²) in [4.78, 5) is 11.7. The molecule has 0 N–H and O–H groups in total. The molecular weight excluding hydrogens is 388 g/mol. The molecule has 3 rings (SSSR count). The predicted molar refractivity (Wildman–Crippen MR) is 97.5 cm³/mol. The van der Waals surface area contributed by atoms with Crippen LogP contribution >= 0.6 is 0 Å². The van der Waals surface area contributed by atoms with E-state index in [-0.39, 0.29) is 28.8 Å². The van der Waals surface area contributed by atoms with Crippen LogP contribution in [0.2, 0.25) is 0 Å². The maximum Gasteiger partial charge on any atom is 0.337 e. The smallest absolute Gasteiger partial charge is 0.337 e. The Morgan fingerprint density at radius 3 is 2.75 bits per heavy atom. The molecule has 1 saturated heterocycles. The lowest BCUT2D eigenvalue weighted by molar-refractivity contribution is 0.0600. The Kier molecular flexibility index (Phi) is 5.96. The number of sulfonamides is 1. The van der Waals surface area contributed by atoms with Crippen molar-refractivity contribution in [3.05, 3.63) is 35.7 Å². The van der Waals surface area contributed by atoms with Crippen molar-refractivity contribution in [2.24, 2.45) is 0 Å². The summed E-state index contributed by atoms with van der Waals surface area (Å²) < 4.78 is 44.3. The molecular formula is C17H22N4O6S. The van der Waals surface area contributed by atoms with E-state index in [9.17, 15) is 13.2 Å². The normalized spacial score (nSPS) is 17.6.